The second kappa shape index (κ2) is 3.18. The fraction of sp³-hybridized carbons (Fsp3) is 0.182. The molecule has 0 aliphatic carbocycles. The molecule has 0 spiro atoms. The Morgan fingerprint density at radius 2 is 2.21 bits per heavy atom. The van der Waals surface area contributed by atoms with Crippen molar-refractivity contribution in [1.29, 1.82) is 0 Å². The molecule has 0 fully saturated rings. The predicted octanol–water partition coefficient (Wildman–Crippen LogP) is 2.43. The van der Waals surface area contributed by atoms with Crippen molar-refractivity contribution in [2.24, 2.45) is 0 Å². The van der Waals surface area contributed by atoms with Crippen molar-refractivity contribution in [3.63, 3.8) is 0 Å². The number of aryl methyl sites for hydroxylation is 1. The molecule has 0 unspecified atom stereocenters. The maximum absolute atomic E-state index is 10.7. The van der Waals surface area contributed by atoms with E-state index in [2.05, 4.69) is 11.9 Å². The molecule has 1 aromatic heterocycles. The first-order valence-electron chi connectivity index (χ1n) is 4.55. The highest BCUT2D eigenvalue weighted by Gasteiger charge is 2.05. The molecule has 0 bridgehead atoms. The minimum atomic E-state index is -0.889. The summed E-state index contributed by atoms with van der Waals surface area (Å²) < 4.78 is 0. The lowest BCUT2D eigenvalue weighted by atomic mass is 10.1. The summed E-state index contributed by atoms with van der Waals surface area (Å²) in [6, 6.07) is 7.16. The van der Waals surface area contributed by atoms with Crippen molar-refractivity contribution in [2.75, 3.05) is 0 Å². The van der Waals surface area contributed by atoms with Crippen molar-refractivity contribution in [3.8, 4) is 0 Å². The summed E-state index contributed by atoms with van der Waals surface area (Å²) in [5, 5.41) is 9.86. The molecule has 3 nitrogen and oxygen atoms in total. The number of aromatic nitrogens is 1. The number of aromatic carboxylic acids is 1. The largest absolute Gasteiger partial charge is 0.478 e. The molecule has 2 aromatic rings. The van der Waals surface area contributed by atoms with E-state index in [-0.39, 0.29) is 0 Å². The summed E-state index contributed by atoms with van der Waals surface area (Å²) in [6.07, 6.45) is 0.928. The summed E-state index contributed by atoms with van der Waals surface area (Å²) in [5.74, 6) is -0.889. The van der Waals surface area contributed by atoms with E-state index < -0.39 is 5.97 Å². The number of carbonyl (C=O) groups is 1. The van der Waals surface area contributed by atoms with Crippen LogP contribution in [0.25, 0.3) is 10.9 Å². The first-order chi connectivity index (χ1) is 6.70. The average molecular weight is 189 g/mol. The molecule has 0 aliphatic heterocycles. The second-order valence-electron chi connectivity index (χ2n) is 3.26. The summed E-state index contributed by atoms with van der Waals surface area (Å²) >= 11 is 0. The van der Waals surface area contributed by atoms with E-state index in [1.54, 1.807) is 12.1 Å². The lowest BCUT2D eigenvalue weighted by molar-refractivity contribution is 0.0697. The van der Waals surface area contributed by atoms with Gasteiger partial charge >= 0.3 is 5.97 Å². The normalized spacial score (nSPS) is 10.6. The van der Waals surface area contributed by atoms with E-state index >= 15 is 0 Å². The maximum atomic E-state index is 10.7. The highest BCUT2D eigenvalue weighted by Crippen LogP contribution is 2.17. The van der Waals surface area contributed by atoms with E-state index in [4.69, 9.17) is 5.11 Å². The minimum Gasteiger partial charge on any atom is -0.478 e. The van der Waals surface area contributed by atoms with Crippen molar-refractivity contribution in [1.82, 2.24) is 4.98 Å². The number of benzene rings is 1. The molecule has 0 radical (unpaired) electrons. The van der Waals surface area contributed by atoms with Crippen LogP contribution in [0.1, 0.15) is 23.0 Å². The van der Waals surface area contributed by atoms with Crippen LogP contribution in [0.15, 0.2) is 24.3 Å². The van der Waals surface area contributed by atoms with Crippen LogP contribution in [0.4, 0.5) is 0 Å². The first kappa shape index (κ1) is 8.81. The number of carboxylic acid groups (broad SMARTS) is 1. The maximum Gasteiger partial charge on any atom is 0.335 e. The molecular weight excluding hydrogens is 178 g/mol. The Balaban J connectivity index is 2.59. The number of H-pyrrole nitrogens is 1. The Kier molecular flexibility index (Phi) is 2.00. The lowest BCUT2D eigenvalue weighted by Crippen LogP contribution is -1.94. The van der Waals surface area contributed by atoms with Crippen molar-refractivity contribution in [3.05, 3.63) is 35.5 Å². The Hall–Kier alpha value is -1.77. The molecule has 0 atom stereocenters. The smallest absolute Gasteiger partial charge is 0.335 e. The SMILES string of the molecule is CCc1cc2ccc(C(=O)O)cc2[nH]1. The quantitative estimate of drug-likeness (QED) is 0.762. The summed E-state index contributed by atoms with van der Waals surface area (Å²) in [6.45, 7) is 2.06. The van der Waals surface area contributed by atoms with Crippen molar-refractivity contribution in [2.45, 2.75) is 13.3 Å². The Labute approximate surface area is 81.4 Å². The third-order valence-electron chi connectivity index (χ3n) is 2.31. The average Bonchev–Trinajstić information content (AvgIpc) is 2.58. The van der Waals surface area contributed by atoms with Crippen LogP contribution in [0.5, 0.6) is 0 Å². The summed E-state index contributed by atoms with van der Waals surface area (Å²) in [7, 11) is 0. The van der Waals surface area contributed by atoms with Crippen LogP contribution in [-0.4, -0.2) is 16.1 Å². The van der Waals surface area contributed by atoms with E-state index in [1.165, 1.54) is 0 Å². The molecule has 0 aliphatic rings. The van der Waals surface area contributed by atoms with Gasteiger partial charge in [0.15, 0.2) is 0 Å². The number of aromatic amines is 1. The molecule has 0 saturated heterocycles. The third-order valence-corrected chi connectivity index (χ3v) is 2.31. The lowest BCUT2D eigenvalue weighted by Gasteiger charge is -1.93. The molecule has 0 saturated carbocycles. The molecule has 0 amide bonds. The van der Waals surface area contributed by atoms with Gasteiger partial charge in [0.05, 0.1) is 5.56 Å². The van der Waals surface area contributed by atoms with Gasteiger partial charge in [-0.05, 0) is 30.0 Å². The van der Waals surface area contributed by atoms with Crippen molar-refractivity contribution >= 4 is 16.9 Å². The molecule has 1 heterocycles. The van der Waals surface area contributed by atoms with Gasteiger partial charge in [0.1, 0.15) is 0 Å². The van der Waals surface area contributed by atoms with E-state index in [0.29, 0.717) is 5.56 Å². The van der Waals surface area contributed by atoms with Gasteiger partial charge in [0.2, 0.25) is 0 Å². The van der Waals surface area contributed by atoms with Gasteiger partial charge in [0.25, 0.3) is 0 Å². The Bertz CT molecular complexity index is 485. The Morgan fingerprint density at radius 3 is 2.86 bits per heavy atom. The van der Waals surface area contributed by atoms with E-state index in [1.807, 2.05) is 12.1 Å². The molecular formula is C11H11NO2. The molecule has 14 heavy (non-hydrogen) atoms. The van der Waals surface area contributed by atoms with Gasteiger partial charge in [-0.15, -0.1) is 0 Å². The van der Waals surface area contributed by atoms with Crippen LogP contribution >= 0.6 is 0 Å². The first-order valence-corrected chi connectivity index (χ1v) is 4.55. The molecule has 1 aromatic carbocycles. The predicted molar refractivity (Wildman–Crippen MR) is 54.6 cm³/mol. The molecule has 3 heteroatoms. The number of hydrogen-bond acceptors (Lipinski definition) is 1. The molecule has 2 rings (SSSR count). The van der Waals surface area contributed by atoms with Crippen LogP contribution in [-0.2, 0) is 6.42 Å². The third kappa shape index (κ3) is 1.37. The fourth-order valence-corrected chi connectivity index (χ4v) is 1.51. The summed E-state index contributed by atoms with van der Waals surface area (Å²) in [4.78, 5) is 13.9. The van der Waals surface area contributed by atoms with Gasteiger partial charge in [-0.3, -0.25) is 0 Å². The zero-order chi connectivity index (χ0) is 10.1. The van der Waals surface area contributed by atoms with Gasteiger partial charge in [0, 0.05) is 11.2 Å². The van der Waals surface area contributed by atoms with E-state index in [0.717, 1.165) is 23.0 Å². The van der Waals surface area contributed by atoms with E-state index in [9.17, 15) is 4.79 Å². The number of hydrogen-bond donors (Lipinski definition) is 2. The van der Waals surface area contributed by atoms with Gasteiger partial charge in [-0.25, -0.2) is 4.79 Å². The highest BCUT2D eigenvalue weighted by molar-refractivity contribution is 5.93. The van der Waals surface area contributed by atoms with Crippen LogP contribution in [0.3, 0.4) is 0 Å². The minimum absolute atomic E-state index is 0.321. The molecule has 2 N–H and O–H groups in total. The van der Waals surface area contributed by atoms with Crippen molar-refractivity contribution < 1.29 is 9.90 Å². The van der Waals surface area contributed by atoms with Crippen LogP contribution < -0.4 is 0 Å². The fourth-order valence-electron chi connectivity index (χ4n) is 1.51. The summed E-state index contributed by atoms with van der Waals surface area (Å²) in [5.41, 5.74) is 2.34. The van der Waals surface area contributed by atoms with Crippen LogP contribution in [0.2, 0.25) is 0 Å². The zero-order valence-electron chi connectivity index (χ0n) is 7.87. The second-order valence-corrected chi connectivity index (χ2v) is 3.26. The zero-order valence-corrected chi connectivity index (χ0v) is 7.87. The van der Waals surface area contributed by atoms with Crippen LogP contribution in [0, 0.1) is 0 Å². The number of rotatable bonds is 2. The standard InChI is InChI=1S/C11H11NO2/c1-2-9-5-7-3-4-8(11(13)14)6-10(7)12-9/h3-6,12H,2H2,1H3,(H,13,14). The number of fused-ring (bicyclic) bond motifs is 1. The number of nitrogens with one attached hydrogen (secondary N) is 1. The van der Waals surface area contributed by atoms with Gasteiger partial charge in [-0.2, -0.15) is 0 Å². The number of carboxylic acids is 1. The Morgan fingerprint density at radius 1 is 1.43 bits per heavy atom. The molecule has 72 valence electrons. The van der Waals surface area contributed by atoms with Gasteiger partial charge in [-0.1, -0.05) is 13.0 Å². The topological polar surface area (TPSA) is 53.1 Å². The monoisotopic (exact) mass is 189 g/mol. The highest BCUT2D eigenvalue weighted by atomic mass is 16.4. The van der Waals surface area contributed by atoms with Gasteiger partial charge < -0.3 is 10.1 Å².